The molecule has 4 aromatic rings. The second-order valence-corrected chi connectivity index (χ2v) is 7.62. The molecule has 0 radical (unpaired) electrons. The molecule has 0 saturated carbocycles. The smallest absolute Gasteiger partial charge is 0.267 e. The second-order valence-electron chi connectivity index (χ2n) is 6.62. The lowest BCUT2D eigenvalue weighted by Gasteiger charge is -2.05. The largest absolute Gasteiger partial charge is 0.397 e. The maximum Gasteiger partial charge on any atom is 0.267 e. The van der Waals surface area contributed by atoms with Gasteiger partial charge in [-0.3, -0.25) is 9.59 Å². The molecule has 0 aliphatic heterocycles. The molecule has 0 aliphatic carbocycles. The molecule has 2 aromatic carbocycles. The van der Waals surface area contributed by atoms with Gasteiger partial charge in [0.25, 0.3) is 5.91 Å². The lowest BCUT2D eigenvalue weighted by Crippen LogP contribution is -2.12. The number of nitrogen functional groups attached to an aromatic ring is 1. The van der Waals surface area contributed by atoms with Crippen LogP contribution >= 0.6 is 11.3 Å². The minimum Gasteiger partial charge on any atom is -0.397 e. The van der Waals surface area contributed by atoms with Crippen LogP contribution in [0.5, 0.6) is 0 Å². The van der Waals surface area contributed by atoms with Gasteiger partial charge in [-0.25, -0.2) is 4.98 Å². The summed E-state index contributed by atoms with van der Waals surface area (Å²) in [6.07, 6.45) is 0.889. The van der Waals surface area contributed by atoms with Crippen molar-refractivity contribution in [1.29, 1.82) is 0 Å². The number of carbonyl (C=O) groups is 2. The third-order valence-corrected chi connectivity index (χ3v) is 5.88. The van der Waals surface area contributed by atoms with Crippen molar-refractivity contribution in [1.82, 2.24) is 4.98 Å². The van der Waals surface area contributed by atoms with E-state index in [4.69, 9.17) is 10.7 Å². The zero-order valence-corrected chi connectivity index (χ0v) is 16.4. The van der Waals surface area contributed by atoms with E-state index >= 15 is 0 Å². The van der Waals surface area contributed by atoms with E-state index in [9.17, 15) is 9.59 Å². The fourth-order valence-corrected chi connectivity index (χ4v) is 4.19. The van der Waals surface area contributed by atoms with Crippen LogP contribution in [0.15, 0.2) is 48.5 Å². The van der Waals surface area contributed by atoms with E-state index in [2.05, 4.69) is 18.3 Å². The Balaban J connectivity index is 1.71. The summed E-state index contributed by atoms with van der Waals surface area (Å²) in [5.41, 5.74) is 10.1. The quantitative estimate of drug-likeness (QED) is 0.478. The third-order valence-electron chi connectivity index (χ3n) is 4.76. The predicted octanol–water partition coefficient (Wildman–Crippen LogP) is 5.05. The Morgan fingerprint density at radius 1 is 1.14 bits per heavy atom. The first-order valence-corrected chi connectivity index (χ1v) is 9.82. The SMILES string of the molecule is CCc1cccc2cc3c(N)c(C(=O)Nc4ccc(C(C)=O)cc4)sc3nc12. The molecule has 5 nitrogen and oxygen atoms in total. The minimum atomic E-state index is -0.282. The summed E-state index contributed by atoms with van der Waals surface area (Å²) in [6, 6.07) is 14.9. The van der Waals surface area contributed by atoms with E-state index in [-0.39, 0.29) is 11.7 Å². The van der Waals surface area contributed by atoms with Crippen LogP contribution in [-0.2, 0) is 6.42 Å². The first-order valence-electron chi connectivity index (χ1n) is 9.01. The molecule has 0 atom stereocenters. The number of hydrogen-bond donors (Lipinski definition) is 2. The van der Waals surface area contributed by atoms with E-state index in [0.717, 1.165) is 27.5 Å². The van der Waals surface area contributed by atoms with Crippen molar-refractivity contribution >= 4 is 55.5 Å². The Labute approximate surface area is 166 Å². The normalized spacial score (nSPS) is 11.1. The van der Waals surface area contributed by atoms with Gasteiger partial charge in [-0.15, -0.1) is 11.3 Å². The van der Waals surface area contributed by atoms with E-state index in [0.29, 0.717) is 21.8 Å². The number of hydrogen-bond acceptors (Lipinski definition) is 5. The highest BCUT2D eigenvalue weighted by Crippen LogP contribution is 2.35. The van der Waals surface area contributed by atoms with Crippen LogP contribution in [-0.4, -0.2) is 16.7 Å². The van der Waals surface area contributed by atoms with Crippen LogP contribution in [0.1, 0.15) is 39.4 Å². The van der Waals surface area contributed by atoms with Gasteiger partial charge in [0, 0.05) is 22.0 Å². The molecule has 4 rings (SSSR count). The fraction of sp³-hybridized carbons (Fsp3) is 0.136. The summed E-state index contributed by atoms with van der Waals surface area (Å²) in [4.78, 5) is 30.1. The Morgan fingerprint density at radius 3 is 2.57 bits per heavy atom. The number of nitrogens with zero attached hydrogens (tertiary/aromatic N) is 1. The van der Waals surface area contributed by atoms with Crippen molar-refractivity contribution in [2.24, 2.45) is 0 Å². The lowest BCUT2D eigenvalue weighted by atomic mass is 10.1. The van der Waals surface area contributed by atoms with Crippen molar-refractivity contribution in [3.63, 3.8) is 0 Å². The molecule has 0 aliphatic rings. The highest BCUT2D eigenvalue weighted by molar-refractivity contribution is 7.21. The first-order chi connectivity index (χ1) is 13.5. The zero-order valence-electron chi connectivity index (χ0n) is 15.6. The number of Topliss-reactive ketones (excluding diaryl/α,β-unsaturated/α-hetero) is 1. The van der Waals surface area contributed by atoms with Gasteiger partial charge in [0.2, 0.25) is 0 Å². The summed E-state index contributed by atoms with van der Waals surface area (Å²) in [5, 5.41) is 4.65. The monoisotopic (exact) mass is 389 g/mol. The number of aryl methyl sites for hydroxylation is 1. The number of carbonyl (C=O) groups excluding carboxylic acids is 2. The molecule has 0 spiro atoms. The van der Waals surface area contributed by atoms with E-state index in [1.807, 2.05) is 18.2 Å². The Morgan fingerprint density at radius 2 is 1.89 bits per heavy atom. The Bertz CT molecular complexity index is 1230. The molecule has 0 unspecified atom stereocenters. The van der Waals surface area contributed by atoms with Crippen molar-refractivity contribution in [2.75, 3.05) is 11.1 Å². The summed E-state index contributed by atoms with van der Waals surface area (Å²) in [5.74, 6) is -0.299. The maximum atomic E-state index is 12.8. The number of nitrogens with two attached hydrogens (primary N) is 1. The molecule has 1 amide bonds. The van der Waals surface area contributed by atoms with Crippen LogP contribution in [0.4, 0.5) is 11.4 Å². The van der Waals surface area contributed by atoms with Crippen molar-refractivity contribution in [3.05, 3.63) is 64.5 Å². The number of pyridine rings is 1. The number of ketones is 1. The number of rotatable bonds is 4. The minimum absolute atomic E-state index is 0.0174. The van der Waals surface area contributed by atoms with Gasteiger partial charge in [0.05, 0.1) is 11.2 Å². The fourth-order valence-electron chi connectivity index (χ4n) is 3.22. The molecule has 0 fully saturated rings. The van der Waals surface area contributed by atoms with Crippen LogP contribution in [0.2, 0.25) is 0 Å². The number of nitrogens with one attached hydrogen (secondary N) is 1. The predicted molar refractivity (Wildman–Crippen MR) is 115 cm³/mol. The van der Waals surface area contributed by atoms with Crippen LogP contribution in [0, 0.1) is 0 Å². The van der Waals surface area contributed by atoms with Gasteiger partial charge in [-0.05, 0) is 49.2 Å². The highest BCUT2D eigenvalue weighted by Gasteiger charge is 2.18. The number of thiophene rings is 1. The molecule has 6 heteroatoms. The van der Waals surface area contributed by atoms with Gasteiger partial charge in [-0.2, -0.15) is 0 Å². The lowest BCUT2D eigenvalue weighted by molar-refractivity contribution is 0.101. The van der Waals surface area contributed by atoms with Gasteiger partial charge in [0.1, 0.15) is 9.71 Å². The first kappa shape index (κ1) is 18.1. The second kappa shape index (κ2) is 7.05. The molecular formula is C22H19N3O2S. The molecular weight excluding hydrogens is 370 g/mol. The summed E-state index contributed by atoms with van der Waals surface area (Å²) in [7, 11) is 0. The molecule has 2 aromatic heterocycles. The zero-order chi connectivity index (χ0) is 19.8. The third kappa shape index (κ3) is 3.12. The molecule has 0 bridgehead atoms. The number of anilines is 2. The van der Waals surface area contributed by atoms with Crippen molar-refractivity contribution in [2.45, 2.75) is 20.3 Å². The summed E-state index contributed by atoms with van der Waals surface area (Å²) < 4.78 is 0. The molecule has 140 valence electrons. The van der Waals surface area contributed by atoms with Crippen molar-refractivity contribution < 1.29 is 9.59 Å². The van der Waals surface area contributed by atoms with Gasteiger partial charge in [0.15, 0.2) is 5.78 Å². The number of fused-ring (bicyclic) bond motifs is 2. The Hall–Kier alpha value is -3.25. The van der Waals surface area contributed by atoms with Gasteiger partial charge < -0.3 is 11.1 Å². The van der Waals surface area contributed by atoms with E-state index in [1.165, 1.54) is 23.8 Å². The van der Waals surface area contributed by atoms with Crippen LogP contribution in [0.3, 0.4) is 0 Å². The number of aromatic nitrogens is 1. The average molecular weight is 389 g/mol. The molecule has 3 N–H and O–H groups in total. The standard InChI is InChI=1S/C22H19N3O2S/c1-3-13-5-4-6-15-11-17-18(23)20(28-22(17)25-19(13)15)21(27)24-16-9-7-14(8-10-16)12(2)26/h4-11H,3,23H2,1-2H3,(H,24,27). The van der Waals surface area contributed by atoms with E-state index < -0.39 is 0 Å². The van der Waals surface area contributed by atoms with Crippen molar-refractivity contribution in [3.8, 4) is 0 Å². The number of amides is 1. The topological polar surface area (TPSA) is 85.1 Å². The Kier molecular flexibility index (Phi) is 4.57. The number of para-hydroxylation sites is 1. The molecule has 0 saturated heterocycles. The van der Waals surface area contributed by atoms with Crippen LogP contribution in [0.25, 0.3) is 21.1 Å². The summed E-state index contributed by atoms with van der Waals surface area (Å²) >= 11 is 1.29. The van der Waals surface area contributed by atoms with Crippen LogP contribution < -0.4 is 11.1 Å². The maximum absolute atomic E-state index is 12.8. The van der Waals surface area contributed by atoms with Gasteiger partial charge in [-0.1, -0.05) is 25.1 Å². The van der Waals surface area contributed by atoms with Gasteiger partial charge >= 0.3 is 0 Å². The highest BCUT2D eigenvalue weighted by atomic mass is 32.1. The number of benzene rings is 2. The average Bonchev–Trinajstić information content (AvgIpc) is 3.02. The molecule has 28 heavy (non-hydrogen) atoms. The summed E-state index contributed by atoms with van der Waals surface area (Å²) in [6.45, 7) is 3.60. The molecule has 2 heterocycles. The van der Waals surface area contributed by atoms with E-state index in [1.54, 1.807) is 24.3 Å².